The predicted molar refractivity (Wildman–Crippen MR) is 105 cm³/mol. The van der Waals surface area contributed by atoms with Gasteiger partial charge in [-0.05, 0) is 48.7 Å². The predicted octanol–water partition coefficient (Wildman–Crippen LogP) is 3.33. The fourth-order valence-corrected chi connectivity index (χ4v) is 3.45. The zero-order chi connectivity index (χ0) is 19.4. The van der Waals surface area contributed by atoms with Gasteiger partial charge in [0, 0.05) is 32.7 Å². The monoisotopic (exact) mass is 374 g/mol. The van der Waals surface area contributed by atoms with Crippen LogP contribution in [0.2, 0.25) is 0 Å². The third-order valence-electron chi connectivity index (χ3n) is 5.30. The Kier molecular flexibility index (Phi) is 6.01. The maximum atomic E-state index is 12.7. The molecule has 1 aliphatic rings. The topological polar surface area (TPSA) is 49.9 Å². The van der Waals surface area contributed by atoms with Gasteiger partial charge in [-0.25, -0.2) is 5.54 Å². The first-order valence-electron chi connectivity index (χ1n) is 9.09. The molecule has 2 heterocycles. The summed E-state index contributed by atoms with van der Waals surface area (Å²) in [6, 6.07) is 7.67. The van der Waals surface area contributed by atoms with Gasteiger partial charge in [-0.2, -0.15) is 4.98 Å². The Balaban J connectivity index is 1.63. The van der Waals surface area contributed by atoms with Crippen molar-refractivity contribution in [3.05, 3.63) is 41.0 Å². The normalized spacial score (nSPS) is 14.9. The maximum absolute atomic E-state index is 12.7. The highest BCUT2D eigenvalue weighted by molar-refractivity contribution is 5.56. The van der Waals surface area contributed by atoms with Gasteiger partial charge in [0.2, 0.25) is 5.88 Å². The third-order valence-corrected chi connectivity index (χ3v) is 5.30. The lowest BCUT2D eigenvalue weighted by Crippen LogP contribution is -2.46. The molecule has 3 rings (SSSR count). The van der Waals surface area contributed by atoms with Crippen LogP contribution < -0.4 is 19.9 Å². The number of hydrogen-bond acceptors (Lipinski definition) is 6. The van der Waals surface area contributed by atoms with E-state index >= 15 is 0 Å². The Bertz CT molecular complexity index is 792. The minimum Gasteiger partial charge on any atom is -0.496 e. The summed E-state index contributed by atoms with van der Waals surface area (Å²) >= 11 is 0. The smallest absolute Gasteiger partial charge is 0.241 e. The fourth-order valence-electron chi connectivity index (χ4n) is 3.45. The molecule has 0 radical (unpaired) electrons. The number of nitrogens with zero attached hydrogens (tertiary/aromatic N) is 3. The van der Waals surface area contributed by atoms with Crippen LogP contribution in [0.5, 0.6) is 11.6 Å². The minimum atomic E-state index is 0.241. The molecule has 2 aromatic rings. The Morgan fingerprint density at radius 2 is 1.74 bits per heavy atom. The largest absolute Gasteiger partial charge is 0.496 e. The molecule has 0 saturated carbocycles. The summed E-state index contributed by atoms with van der Waals surface area (Å²) in [4.78, 5) is 9.05. The zero-order valence-electron chi connectivity index (χ0n) is 16.4. The summed E-state index contributed by atoms with van der Waals surface area (Å²) in [5.74, 6) is 2.01. The molecule has 27 heavy (non-hydrogen) atoms. The number of benzene rings is 1. The number of rotatable bonds is 6. The van der Waals surface area contributed by atoms with Gasteiger partial charge in [0.15, 0.2) is 0 Å². The van der Waals surface area contributed by atoms with Crippen LogP contribution in [0.4, 0.5) is 16.0 Å². The number of hydrogen-bond donors (Lipinski definition) is 1. The van der Waals surface area contributed by atoms with Crippen molar-refractivity contribution in [2.45, 2.75) is 20.4 Å². The Morgan fingerprint density at radius 3 is 2.37 bits per heavy atom. The van der Waals surface area contributed by atoms with Gasteiger partial charge in [0.25, 0.3) is 0 Å². The number of halogens is 1. The van der Waals surface area contributed by atoms with Gasteiger partial charge in [-0.3, -0.25) is 4.90 Å². The first-order chi connectivity index (χ1) is 13.1. The highest BCUT2D eigenvalue weighted by atomic mass is 19.2. The molecular formula is C20H27FN4O2. The Morgan fingerprint density at radius 1 is 1.00 bits per heavy atom. The number of piperazine rings is 1. The van der Waals surface area contributed by atoms with Gasteiger partial charge < -0.3 is 14.4 Å². The summed E-state index contributed by atoms with van der Waals surface area (Å²) in [7, 11) is 3.20. The first kappa shape index (κ1) is 19.2. The van der Waals surface area contributed by atoms with E-state index in [1.807, 2.05) is 12.1 Å². The lowest BCUT2D eigenvalue weighted by Gasteiger charge is -2.36. The molecule has 0 bridgehead atoms. The number of ether oxygens (including phenoxy) is 2. The van der Waals surface area contributed by atoms with Crippen molar-refractivity contribution < 1.29 is 14.0 Å². The second-order valence-corrected chi connectivity index (χ2v) is 6.76. The van der Waals surface area contributed by atoms with E-state index in [1.54, 1.807) is 18.7 Å². The average Bonchev–Trinajstić information content (AvgIpc) is 2.71. The van der Waals surface area contributed by atoms with Crippen LogP contribution >= 0.6 is 0 Å². The highest BCUT2D eigenvalue weighted by Crippen LogP contribution is 2.27. The molecule has 0 atom stereocenters. The molecule has 0 amide bonds. The quantitative estimate of drug-likeness (QED) is 0.783. The van der Waals surface area contributed by atoms with E-state index in [0.29, 0.717) is 0 Å². The molecule has 0 unspecified atom stereocenters. The van der Waals surface area contributed by atoms with Gasteiger partial charge in [0.1, 0.15) is 17.3 Å². The van der Waals surface area contributed by atoms with Crippen LogP contribution in [-0.4, -0.2) is 50.3 Å². The third kappa shape index (κ3) is 4.08. The van der Waals surface area contributed by atoms with Crippen molar-refractivity contribution in [1.29, 1.82) is 0 Å². The van der Waals surface area contributed by atoms with Crippen molar-refractivity contribution >= 4 is 11.5 Å². The summed E-state index contributed by atoms with van der Waals surface area (Å²) < 4.78 is 23.3. The lowest BCUT2D eigenvalue weighted by atomic mass is 10.0. The molecule has 0 spiro atoms. The van der Waals surface area contributed by atoms with E-state index in [2.05, 4.69) is 34.7 Å². The van der Waals surface area contributed by atoms with Crippen LogP contribution in [0.15, 0.2) is 24.3 Å². The van der Waals surface area contributed by atoms with E-state index in [9.17, 15) is 4.48 Å². The van der Waals surface area contributed by atoms with E-state index in [-0.39, 0.29) is 11.6 Å². The van der Waals surface area contributed by atoms with Crippen LogP contribution in [0.3, 0.4) is 0 Å². The van der Waals surface area contributed by atoms with Crippen LogP contribution in [0, 0.1) is 13.8 Å². The van der Waals surface area contributed by atoms with Crippen molar-refractivity contribution in [1.82, 2.24) is 9.88 Å². The average molecular weight is 374 g/mol. The molecule has 1 aromatic carbocycles. The molecule has 1 fully saturated rings. The van der Waals surface area contributed by atoms with Gasteiger partial charge in [0.05, 0.1) is 14.2 Å². The van der Waals surface area contributed by atoms with Crippen molar-refractivity contribution in [3.63, 3.8) is 0 Å². The van der Waals surface area contributed by atoms with E-state index in [1.165, 1.54) is 23.8 Å². The molecule has 1 aliphatic heterocycles. The van der Waals surface area contributed by atoms with Crippen LogP contribution in [-0.2, 0) is 6.54 Å². The number of nitrogens with one attached hydrogen (secondary N) is 1. The van der Waals surface area contributed by atoms with E-state index in [4.69, 9.17) is 9.47 Å². The first-order valence-corrected chi connectivity index (χ1v) is 9.09. The summed E-state index contributed by atoms with van der Waals surface area (Å²) in [5, 5.41) is 0. The minimum absolute atomic E-state index is 0.241. The molecule has 1 N–H and O–H groups in total. The number of pyridine rings is 1. The highest BCUT2D eigenvalue weighted by Gasteiger charge is 2.20. The van der Waals surface area contributed by atoms with Crippen LogP contribution in [0.25, 0.3) is 0 Å². The van der Waals surface area contributed by atoms with E-state index in [0.717, 1.165) is 44.3 Å². The molecular weight excluding hydrogens is 347 g/mol. The van der Waals surface area contributed by atoms with Crippen molar-refractivity contribution in [2.24, 2.45) is 0 Å². The Hall–Kier alpha value is -2.54. The number of anilines is 2. The SMILES string of the molecule is COc1ccc(CN2CCN(c3ccc(NF)c(OC)n3)CC2)c(C)c1C. The maximum Gasteiger partial charge on any atom is 0.241 e. The lowest BCUT2D eigenvalue weighted by molar-refractivity contribution is 0.248. The molecule has 1 saturated heterocycles. The van der Waals surface area contributed by atoms with Crippen LogP contribution in [0.1, 0.15) is 16.7 Å². The summed E-state index contributed by atoms with van der Waals surface area (Å²) in [5.41, 5.74) is 5.67. The molecule has 0 aliphatic carbocycles. The molecule has 146 valence electrons. The molecule has 6 nitrogen and oxygen atoms in total. The number of methoxy groups -OCH3 is 2. The zero-order valence-corrected chi connectivity index (χ0v) is 16.4. The fraction of sp³-hybridized carbons (Fsp3) is 0.450. The molecule has 7 heteroatoms. The second-order valence-electron chi connectivity index (χ2n) is 6.76. The van der Waals surface area contributed by atoms with Gasteiger partial charge >= 0.3 is 0 Å². The summed E-state index contributed by atoms with van der Waals surface area (Å²) in [6.07, 6.45) is 0. The molecule has 1 aromatic heterocycles. The summed E-state index contributed by atoms with van der Waals surface area (Å²) in [6.45, 7) is 8.80. The van der Waals surface area contributed by atoms with Crippen molar-refractivity contribution in [2.75, 3.05) is 50.8 Å². The Labute approximate surface area is 159 Å². The van der Waals surface area contributed by atoms with Crippen molar-refractivity contribution in [3.8, 4) is 11.6 Å². The van der Waals surface area contributed by atoms with Gasteiger partial charge in [-0.15, -0.1) is 4.48 Å². The van der Waals surface area contributed by atoms with E-state index < -0.39 is 0 Å². The van der Waals surface area contributed by atoms with Gasteiger partial charge in [-0.1, -0.05) is 6.07 Å². The second kappa shape index (κ2) is 8.43. The number of aromatic nitrogens is 1. The standard InChI is InChI=1S/C20H27FN4O2/c1-14-15(2)18(26-3)7-5-16(14)13-24-9-11-25(12-10-24)19-8-6-17(23-21)20(22-19)27-4/h5-8,23H,9-13H2,1-4H3.